The highest BCUT2D eigenvalue weighted by atomic mass is 15.1. The molecule has 1 nitrogen and oxygen atoms in total. The lowest BCUT2D eigenvalue weighted by Crippen LogP contribution is -2.34. The summed E-state index contributed by atoms with van der Waals surface area (Å²) in [5, 5.41) is 7.80. The minimum absolute atomic E-state index is 0.0737. The largest absolute Gasteiger partial charge is 0.310 e. The predicted molar refractivity (Wildman–Crippen MR) is 280 cm³/mol. The molecule has 9 aromatic rings. The molecule has 0 bridgehead atoms. The van der Waals surface area contributed by atoms with E-state index in [1.54, 1.807) is 0 Å². The molecule has 1 heteroatoms. The van der Waals surface area contributed by atoms with E-state index in [0.29, 0.717) is 0 Å². The van der Waals surface area contributed by atoms with Crippen LogP contribution in [0.5, 0.6) is 0 Å². The Kier molecular flexibility index (Phi) is 9.35. The van der Waals surface area contributed by atoms with E-state index in [1.165, 1.54) is 118 Å². The lowest BCUT2D eigenvalue weighted by atomic mass is 9.63. The van der Waals surface area contributed by atoms with Crippen LogP contribution in [0.1, 0.15) is 86.8 Å². The number of fused-ring (bicyclic) bond motifs is 8. The van der Waals surface area contributed by atoms with E-state index >= 15 is 0 Å². The van der Waals surface area contributed by atoms with Gasteiger partial charge in [-0.2, -0.15) is 0 Å². The second-order valence-corrected chi connectivity index (χ2v) is 20.2. The van der Waals surface area contributed by atoms with Gasteiger partial charge in [0.05, 0.1) is 0 Å². The second-order valence-electron chi connectivity index (χ2n) is 20.2. The van der Waals surface area contributed by atoms with Crippen molar-refractivity contribution < 1.29 is 0 Å². The van der Waals surface area contributed by atoms with Crippen molar-refractivity contribution in [2.24, 2.45) is 0 Å². The Labute approximate surface area is 384 Å². The van der Waals surface area contributed by atoms with Gasteiger partial charge < -0.3 is 4.90 Å². The third kappa shape index (κ3) is 6.83. The van der Waals surface area contributed by atoms with Gasteiger partial charge in [0.15, 0.2) is 0 Å². The van der Waals surface area contributed by atoms with Gasteiger partial charge in [-0.05, 0) is 203 Å². The van der Waals surface area contributed by atoms with Gasteiger partial charge in [0.2, 0.25) is 0 Å². The first kappa shape index (κ1) is 39.6. The minimum Gasteiger partial charge on any atom is -0.310 e. The van der Waals surface area contributed by atoms with Gasteiger partial charge >= 0.3 is 0 Å². The number of hydrogen-bond donors (Lipinski definition) is 0. The van der Waals surface area contributed by atoms with E-state index < -0.39 is 0 Å². The molecule has 0 spiro atoms. The SMILES string of the molecule is CC1(C)CCC(C)(C)c2cc(N(c3ccc(-c4cc5c(c6ccccc46)CCC=C5)cc3)c3ccc(-c4ccc5ccc6ccccc6c5c4)c(-c4ccc5c(c4)C=CCC5)c3)ccc21. The number of allylic oxidation sites excluding steroid dienone is 2. The van der Waals surface area contributed by atoms with Crippen molar-refractivity contribution in [1.29, 1.82) is 0 Å². The molecule has 0 saturated carbocycles. The number of benzene rings is 9. The number of aryl methyl sites for hydroxylation is 2. The summed E-state index contributed by atoms with van der Waals surface area (Å²) >= 11 is 0. The first-order chi connectivity index (χ1) is 31.7. The molecular weight excluding hydrogens is 783 g/mol. The molecular formula is C64H55N. The van der Waals surface area contributed by atoms with Crippen LogP contribution in [0, 0.1) is 0 Å². The summed E-state index contributed by atoms with van der Waals surface area (Å²) in [4.78, 5) is 2.51. The maximum Gasteiger partial charge on any atom is 0.0468 e. The summed E-state index contributed by atoms with van der Waals surface area (Å²) in [5.41, 5.74) is 19.7. The zero-order valence-corrected chi connectivity index (χ0v) is 38.1. The molecule has 0 aromatic heterocycles. The van der Waals surface area contributed by atoms with E-state index in [9.17, 15) is 0 Å². The third-order valence-electron chi connectivity index (χ3n) is 15.2. The van der Waals surface area contributed by atoms with Crippen LogP contribution in [0.4, 0.5) is 17.1 Å². The fourth-order valence-corrected chi connectivity index (χ4v) is 11.4. The number of anilines is 3. The zero-order valence-electron chi connectivity index (χ0n) is 38.1. The van der Waals surface area contributed by atoms with E-state index in [0.717, 1.165) is 37.1 Å². The van der Waals surface area contributed by atoms with E-state index in [4.69, 9.17) is 0 Å². The third-order valence-corrected chi connectivity index (χ3v) is 15.2. The van der Waals surface area contributed by atoms with Gasteiger partial charge in [-0.25, -0.2) is 0 Å². The van der Waals surface area contributed by atoms with Crippen LogP contribution >= 0.6 is 0 Å². The molecule has 0 fully saturated rings. The highest BCUT2D eigenvalue weighted by Gasteiger charge is 2.37. The Hall–Kier alpha value is -6.96. The lowest BCUT2D eigenvalue weighted by molar-refractivity contribution is 0.332. The van der Waals surface area contributed by atoms with Crippen LogP contribution in [0.3, 0.4) is 0 Å². The monoisotopic (exact) mass is 837 g/mol. The van der Waals surface area contributed by atoms with Crippen molar-refractivity contribution in [2.45, 2.75) is 77.0 Å². The smallest absolute Gasteiger partial charge is 0.0468 e. The summed E-state index contributed by atoms with van der Waals surface area (Å²) < 4.78 is 0. The molecule has 0 aliphatic heterocycles. The molecule has 316 valence electrons. The molecule has 65 heavy (non-hydrogen) atoms. The van der Waals surface area contributed by atoms with Gasteiger partial charge in [0, 0.05) is 17.1 Å². The van der Waals surface area contributed by atoms with Gasteiger partial charge in [0.1, 0.15) is 0 Å². The molecule has 0 atom stereocenters. The fraction of sp³-hybridized carbons (Fsp3) is 0.188. The number of hydrogen-bond acceptors (Lipinski definition) is 1. The average Bonchev–Trinajstić information content (AvgIpc) is 3.35. The Bertz CT molecular complexity index is 3430. The normalized spacial score (nSPS) is 15.8. The molecule has 0 unspecified atom stereocenters. The molecule has 12 rings (SSSR count). The Morgan fingerprint density at radius 1 is 0.400 bits per heavy atom. The summed E-state index contributed by atoms with van der Waals surface area (Å²) in [6.07, 6.45) is 16.0. The molecule has 0 radical (unpaired) electrons. The van der Waals surface area contributed by atoms with E-state index in [2.05, 4.69) is 221 Å². The fourth-order valence-electron chi connectivity index (χ4n) is 11.4. The van der Waals surface area contributed by atoms with Crippen LogP contribution in [0.2, 0.25) is 0 Å². The Morgan fingerprint density at radius 3 is 1.85 bits per heavy atom. The van der Waals surface area contributed by atoms with Crippen LogP contribution in [0.15, 0.2) is 176 Å². The molecule has 3 aliphatic carbocycles. The van der Waals surface area contributed by atoms with Crippen molar-refractivity contribution in [1.82, 2.24) is 0 Å². The van der Waals surface area contributed by atoms with Crippen molar-refractivity contribution in [3.8, 4) is 33.4 Å². The van der Waals surface area contributed by atoms with Crippen molar-refractivity contribution >= 4 is 61.5 Å². The van der Waals surface area contributed by atoms with Gasteiger partial charge in [-0.15, -0.1) is 0 Å². The molecule has 0 N–H and O–H groups in total. The summed E-state index contributed by atoms with van der Waals surface area (Å²) in [7, 11) is 0. The molecule has 0 heterocycles. The molecule has 0 amide bonds. The Balaban J connectivity index is 1.06. The maximum atomic E-state index is 2.51. The van der Waals surface area contributed by atoms with E-state index in [1.807, 2.05) is 0 Å². The maximum absolute atomic E-state index is 2.51. The van der Waals surface area contributed by atoms with Gasteiger partial charge in [-0.1, -0.05) is 161 Å². The average molecular weight is 838 g/mol. The van der Waals surface area contributed by atoms with Crippen molar-refractivity contribution in [3.63, 3.8) is 0 Å². The van der Waals surface area contributed by atoms with Gasteiger partial charge in [0.25, 0.3) is 0 Å². The second kappa shape index (κ2) is 15.3. The van der Waals surface area contributed by atoms with Gasteiger partial charge in [-0.3, -0.25) is 0 Å². The molecule has 0 saturated heterocycles. The topological polar surface area (TPSA) is 3.24 Å². The van der Waals surface area contributed by atoms with Crippen LogP contribution in [-0.4, -0.2) is 0 Å². The zero-order chi connectivity index (χ0) is 43.9. The minimum atomic E-state index is 0.0737. The standard InChI is InChI=1S/C64H55N/c1-63(2)35-36-64(3,4)62-41-52(32-34-61(62)63)65(50-29-27-45(28-30-50)59-38-47-16-8-10-18-54(47)56-19-11-12-20-57(56)59)51-31-33-55(60(40-51)48-25-21-42-13-5-6-15-46(42)37-48)49-26-24-44-23-22-43-14-7-9-17-53(43)58(44)39-49/h6-9,11-12,14-17,19-34,37-41H,5,10,13,18,35-36H2,1-4H3. The van der Waals surface area contributed by atoms with E-state index in [-0.39, 0.29) is 10.8 Å². The summed E-state index contributed by atoms with van der Waals surface area (Å²) in [6, 6.07) is 62.8. The first-order valence-electron chi connectivity index (χ1n) is 23.8. The number of rotatable bonds is 6. The van der Waals surface area contributed by atoms with Crippen LogP contribution < -0.4 is 4.90 Å². The quantitative estimate of drug-likeness (QED) is 0.151. The summed E-state index contributed by atoms with van der Waals surface area (Å²) in [5.74, 6) is 0. The highest BCUT2D eigenvalue weighted by molar-refractivity contribution is 6.09. The Morgan fingerprint density at radius 2 is 1.02 bits per heavy atom. The highest BCUT2D eigenvalue weighted by Crippen LogP contribution is 2.49. The van der Waals surface area contributed by atoms with Crippen LogP contribution in [-0.2, 0) is 23.7 Å². The van der Waals surface area contributed by atoms with Crippen molar-refractivity contribution in [3.05, 3.63) is 209 Å². The summed E-state index contributed by atoms with van der Waals surface area (Å²) in [6.45, 7) is 9.72. The van der Waals surface area contributed by atoms with Crippen LogP contribution in [0.25, 0.3) is 77.9 Å². The molecule has 9 aromatic carbocycles. The van der Waals surface area contributed by atoms with Crippen molar-refractivity contribution in [2.75, 3.05) is 4.90 Å². The lowest BCUT2D eigenvalue weighted by Gasteiger charge is -2.42. The first-order valence-corrected chi connectivity index (χ1v) is 23.8. The number of nitrogens with zero attached hydrogens (tertiary/aromatic N) is 1. The predicted octanol–water partition coefficient (Wildman–Crippen LogP) is 17.9. The molecule has 3 aliphatic rings.